The Balaban J connectivity index is 1.37. The molecular formula is C19H24N4O2. The Morgan fingerprint density at radius 2 is 1.80 bits per heavy atom. The number of benzene rings is 1. The van der Waals surface area contributed by atoms with Crippen molar-refractivity contribution in [2.24, 2.45) is 0 Å². The van der Waals surface area contributed by atoms with Gasteiger partial charge in [0.15, 0.2) is 5.82 Å². The molecule has 1 aliphatic heterocycles. The van der Waals surface area contributed by atoms with Crippen LogP contribution in [-0.4, -0.2) is 53.8 Å². The number of hydrogen-bond acceptors (Lipinski definition) is 5. The first-order valence-corrected chi connectivity index (χ1v) is 8.73. The molecule has 0 radical (unpaired) electrons. The van der Waals surface area contributed by atoms with Gasteiger partial charge in [0, 0.05) is 32.6 Å². The Labute approximate surface area is 148 Å². The molecule has 6 heteroatoms. The maximum atomic E-state index is 12.3. The van der Waals surface area contributed by atoms with Gasteiger partial charge in [-0.1, -0.05) is 18.2 Å². The van der Waals surface area contributed by atoms with Gasteiger partial charge in [-0.2, -0.15) is 5.10 Å². The fourth-order valence-corrected chi connectivity index (χ4v) is 2.83. The summed E-state index contributed by atoms with van der Waals surface area (Å²) in [6.07, 6.45) is 1.26. The molecule has 1 aromatic heterocycles. The second kappa shape index (κ2) is 8.46. The summed E-state index contributed by atoms with van der Waals surface area (Å²) in [7, 11) is 0. The fraction of sp³-hybridized carbons (Fsp3) is 0.421. The van der Waals surface area contributed by atoms with Crippen LogP contribution >= 0.6 is 0 Å². The Morgan fingerprint density at radius 1 is 1.04 bits per heavy atom. The molecule has 1 amide bonds. The molecule has 132 valence electrons. The number of nitrogens with zero attached hydrogens (tertiary/aromatic N) is 4. The molecule has 0 saturated carbocycles. The standard InChI is InChI=1S/C19H24N4O2/c1-16-9-10-18(21-20-16)22-11-13-23(14-12-22)19(24)8-5-15-25-17-6-3-2-4-7-17/h2-4,6-7,9-10H,5,8,11-15H2,1H3. The van der Waals surface area contributed by atoms with Crippen molar-refractivity contribution in [3.63, 3.8) is 0 Å². The highest BCUT2D eigenvalue weighted by Crippen LogP contribution is 2.14. The van der Waals surface area contributed by atoms with Crippen LogP contribution in [0, 0.1) is 6.92 Å². The average Bonchev–Trinajstić information content (AvgIpc) is 2.67. The SMILES string of the molecule is Cc1ccc(N2CCN(C(=O)CCCOc3ccccc3)CC2)nn1. The summed E-state index contributed by atoms with van der Waals surface area (Å²) in [5.41, 5.74) is 0.912. The first-order valence-electron chi connectivity index (χ1n) is 8.73. The van der Waals surface area contributed by atoms with Gasteiger partial charge in [0.2, 0.25) is 5.91 Å². The third kappa shape index (κ3) is 4.92. The van der Waals surface area contributed by atoms with Gasteiger partial charge >= 0.3 is 0 Å². The van der Waals surface area contributed by atoms with E-state index in [4.69, 9.17) is 4.74 Å². The topological polar surface area (TPSA) is 58.6 Å². The fourth-order valence-electron chi connectivity index (χ4n) is 2.83. The Hall–Kier alpha value is -2.63. The van der Waals surface area contributed by atoms with E-state index < -0.39 is 0 Å². The normalized spacial score (nSPS) is 14.4. The van der Waals surface area contributed by atoms with Crippen LogP contribution in [-0.2, 0) is 4.79 Å². The lowest BCUT2D eigenvalue weighted by Crippen LogP contribution is -2.49. The predicted octanol–water partition coefficient (Wildman–Crippen LogP) is 2.29. The van der Waals surface area contributed by atoms with Crippen molar-refractivity contribution < 1.29 is 9.53 Å². The molecule has 0 atom stereocenters. The van der Waals surface area contributed by atoms with E-state index in [0.717, 1.165) is 49.9 Å². The average molecular weight is 340 g/mol. The van der Waals surface area contributed by atoms with E-state index in [1.54, 1.807) is 0 Å². The van der Waals surface area contributed by atoms with Gasteiger partial charge in [-0.3, -0.25) is 4.79 Å². The number of carbonyl (C=O) groups is 1. The number of anilines is 1. The largest absolute Gasteiger partial charge is 0.494 e. The van der Waals surface area contributed by atoms with E-state index in [0.29, 0.717) is 13.0 Å². The highest BCUT2D eigenvalue weighted by Gasteiger charge is 2.21. The first kappa shape index (κ1) is 17.2. The van der Waals surface area contributed by atoms with Crippen LogP contribution in [0.2, 0.25) is 0 Å². The van der Waals surface area contributed by atoms with Crippen LogP contribution in [0.25, 0.3) is 0 Å². The second-order valence-corrected chi connectivity index (χ2v) is 6.17. The summed E-state index contributed by atoms with van der Waals surface area (Å²) in [5, 5.41) is 8.31. The Kier molecular flexibility index (Phi) is 5.82. The van der Waals surface area contributed by atoms with Crippen molar-refractivity contribution in [2.75, 3.05) is 37.7 Å². The molecule has 1 aromatic carbocycles. The summed E-state index contributed by atoms with van der Waals surface area (Å²) < 4.78 is 5.63. The molecule has 0 spiro atoms. The molecule has 0 aliphatic carbocycles. The summed E-state index contributed by atoms with van der Waals surface area (Å²) in [5.74, 6) is 1.93. The summed E-state index contributed by atoms with van der Waals surface area (Å²) in [4.78, 5) is 16.4. The predicted molar refractivity (Wildman–Crippen MR) is 96.7 cm³/mol. The molecule has 2 heterocycles. The van der Waals surface area contributed by atoms with Crippen LogP contribution in [0.1, 0.15) is 18.5 Å². The number of aryl methyl sites for hydroxylation is 1. The van der Waals surface area contributed by atoms with Crippen molar-refractivity contribution in [1.29, 1.82) is 0 Å². The van der Waals surface area contributed by atoms with Crippen molar-refractivity contribution >= 4 is 11.7 Å². The molecule has 0 N–H and O–H groups in total. The number of ether oxygens (including phenoxy) is 1. The van der Waals surface area contributed by atoms with E-state index in [2.05, 4.69) is 15.1 Å². The smallest absolute Gasteiger partial charge is 0.222 e. The third-order valence-electron chi connectivity index (χ3n) is 4.29. The monoisotopic (exact) mass is 340 g/mol. The minimum atomic E-state index is 0.200. The quantitative estimate of drug-likeness (QED) is 0.755. The molecule has 1 fully saturated rings. The zero-order valence-electron chi connectivity index (χ0n) is 14.6. The van der Waals surface area contributed by atoms with Crippen molar-refractivity contribution in [3.05, 3.63) is 48.2 Å². The van der Waals surface area contributed by atoms with Gasteiger partial charge in [0.1, 0.15) is 5.75 Å². The van der Waals surface area contributed by atoms with Crippen LogP contribution in [0.3, 0.4) is 0 Å². The number of para-hydroxylation sites is 1. The van der Waals surface area contributed by atoms with Crippen molar-refractivity contribution in [2.45, 2.75) is 19.8 Å². The van der Waals surface area contributed by atoms with Gasteiger partial charge in [-0.25, -0.2) is 0 Å². The highest BCUT2D eigenvalue weighted by atomic mass is 16.5. The molecule has 0 unspecified atom stereocenters. The molecule has 2 aromatic rings. The second-order valence-electron chi connectivity index (χ2n) is 6.17. The van der Waals surface area contributed by atoms with Crippen LogP contribution in [0.4, 0.5) is 5.82 Å². The lowest BCUT2D eigenvalue weighted by molar-refractivity contribution is -0.131. The minimum absolute atomic E-state index is 0.200. The lowest BCUT2D eigenvalue weighted by Gasteiger charge is -2.35. The molecule has 25 heavy (non-hydrogen) atoms. The van der Waals surface area contributed by atoms with Crippen molar-refractivity contribution in [3.8, 4) is 5.75 Å². The first-order chi connectivity index (χ1) is 12.2. The van der Waals surface area contributed by atoms with E-state index in [1.807, 2.05) is 54.3 Å². The van der Waals surface area contributed by atoms with Gasteiger partial charge in [0.25, 0.3) is 0 Å². The van der Waals surface area contributed by atoms with Gasteiger partial charge in [-0.05, 0) is 37.6 Å². The maximum Gasteiger partial charge on any atom is 0.222 e. The van der Waals surface area contributed by atoms with Crippen LogP contribution < -0.4 is 9.64 Å². The summed E-state index contributed by atoms with van der Waals surface area (Å²) in [6, 6.07) is 13.6. The summed E-state index contributed by atoms with van der Waals surface area (Å²) >= 11 is 0. The number of piperazine rings is 1. The van der Waals surface area contributed by atoms with Crippen molar-refractivity contribution in [1.82, 2.24) is 15.1 Å². The number of hydrogen-bond donors (Lipinski definition) is 0. The zero-order valence-corrected chi connectivity index (χ0v) is 14.6. The van der Waals surface area contributed by atoms with Gasteiger partial charge < -0.3 is 14.5 Å². The summed E-state index contributed by atoms with van der Waals surface area (Å²) in [6.45, 7) is 5.54. The van der Waals surface area contributed by atoms with E-state index in [9.17, 15) is 4.79 Å². The van der Waals surface area contributed by atoms with E-state index in [-0.39, 0.29) is 5.91 Å². The zero-order chi connectivity index (χ0) is 17.5. The Morgan fingerprint density at radius 3 is 2.48 bits per heavy atom. The molecule has 3 rings (SSSR count). The van der Waals surface area contributed by atoms with E-state index >= 15 is 0 Å². The van der Waals surface area contributed by atoms with Gasteiger partial charge in [-0.15, -0.1) is 5.10 Å². The number of rotatable bonds is 6. The molecule has 1 aliphatic rings. The number of carbonyl (C=O) groups excluding carboxylic acids is 1. The van der Waals surface area contributed by atoms with Crippen LogP contribution in [0.5, 0.6) is 5.75 Å². The maximum absolute atomic E-state index is 12.3. The minimum Gasteiger partial charge on any atom is -0.494 e. The number of amides is 1. The lowest BCUT2D eigenvalue weighted by atomic mass is 10.2. The highest BCUT2D eigenvalue weighted by molar-refractivity contribution is 5.76. The molecule has 6 nitrogen and oxygen atoms in total. The Bertz CT molecular complexity index is 668. The molecular weight excluding hydrogens is 316 g/mol. The van der Waals surface area contributed by atoms with Gasteiger partial charge in [0.05, 0.1) is 12.3 Å². The molecule has 1 saturated heterocycles. The van der Waals surface area contributed by atoms with E-state index in [1.165, 1.54) is 0 Å². The molecule has 0 bridgehead atoms. The van der Waals surface area contributed by atoms with Crippen LogP contribution in [0.15, 0.2) is 42.5 Å². The third-order valence-corrected chi connectivity index (χ3v) is 4.29. The number of aromatic nitrogens is 2.